The Morgan fingerprint density at radius 2 is 2.19 bits per heavy atom. The number of nitrogen functional groups attached to an aromatic ring is 1. The molecule has 0 fully saturated rings. The summed E-state index contributed by atoms with van der Waals surface area (Å²) in [6.45, 7) is 0.116. The number of hydrogen-bond donors (Lipinski definition) is 2. The van der Waals surface area contributed by atoms with Crippen LogP contribution in [0.4, 0.5) is 10.1 Å². The second kappa shape index (κ2) is 6.12. The van der Waals surface area contributed by atoms with Gasteiger partial charge in [-0.25, -0.2) is 17.5 Å². The molecule has 0 saturated carbocycles. The fourth-order valence-electron chi connectivity index (χ4n) is 1.77. The minimum Gasteiger partial charge on any atom is -0.399 e. The third-order valence-corrected chi connectivity index (χ3v) is 4.79. The molecule has 9 heteroatoms. The number of sulfonamides is 1. The number of nitrogens with two attached hydrogens (primary N) is 1. The van der Waals surface area contributed by atoms with Gasteiger partial charge in [-0.2, -0.15) is 5.10 Å². The second-order valence-corrected chi connectivity index (χ2v) is 7.03. The summed E-state index contributed by atoms with van der Waals surface area (Å²) in [6, 6.07) is 4.18. The first kappa shape index (κ1) is 15.9. The van der Waals surface area contributed by atoms with E-state index in [1.165, 1.54) is 6.07 Å². The van der Waals surface area contributed by atoms with Gasteiger partial charge < -0.3 is 5.73 Å². The van der Waals surface area contributed by atoms with Gasteiger partial charge in [0.2, 0.25) is 10.0 Å². The first-order valence-electron chi connectivity index (χ1n) is 6.02. The number of anilines is 1. The molecule has 0 spiro atoms. The first-order valence-corrected chi connectivity index (χ1v) is 8.30. The van der Waals surface area contributed by atoms with Gasteiger partial charge in [0.25, 0.3) is 0 Å². The second-order valence-electron chi connectivity index (χ2n) is 4.44. The summed E-state index contributed by atoms with van der Waals surface area (Å²) in [6.07, 6.45) is 2.17. The van der Waals surface area contributed by atoms with Crippen molar-refractivity contribution in [3.05, 3.63) is 40.4 Å². The molecule has 21 heavy (non-hydrogen) atoms. The fraction of sp³-hybridized carbons (Fsp3) is 0.250. The van der Waals surface area contributed by atoms with E-state index in [-0.39, 0.29) is 16.7 Å². The molecule has 0 radical (unpaired) electrons. The Balaban J connectivity index is 2.12. The maximum Gasteiger partial charge on any atom is 0.243 e. The van der Waals surface area contributed by atoms with E-state index in [1.54, 1.807) is 24.0 Å². The zero-order chi connectivity index (χ0) is 15.6. The Kier molecular flexibility index (Phi) is 4.64. The topological polar surface area (TPSA) is 90.0 Å². The number of benzene rings is 1. The molecule has 3 N–H and O–H groups in total. The van der Waals surface area contributed by atoms with E-state index in [0.717, 1.165) is 11.8 Å². The van der Waals surface area contributed by atoms with E-state index in [9.17, 15) is 12.8 Å². The van der Waals surface area contributed by atoms with Gasteiger partial charge in [-0.3, -0.25) is 4.68 Å². The zero-order valence-electron chi connectivity index (χ0n) is 11.2. The third-order valence-electron chi connectivity index (χ3n) is 2.75. The Morgan fingerprint density at radius 3 is 2.81 bits per heavy atom. The minimum absolute atomic E-state index is 0.00704. The molecule has 0 aliphatic rings. The number of nitrogens with one attached hydrogen (secondary N) is 1. The van der Waals surface area contributed by atoms with E-state index < -0.39 is 20.7 Å². The Labute approximate surface area is 130 Å². The van der Waals surface area contributed by atoms with E-state index in [0.29, 0.717) is 6.42 Å². The molecule has 0 aliphatic heterocycles. The Hall–Kier alpha value is -1.45. The molecule has 2 rings (SSSR count). The average Bonchev–Trinajstić information content (AvgIpc) is 2.79. The van der Waals surface area contributed by atoms with Gasteiger partial charge in [0.1, 0.15) is 4.90 Å². The van der Waals surface area contributed by atoms with Crippen LogP contribution in [0.2, 0.25) is 0 Å². The molecular weight excluding hydrogens is 363 g/mol. The van der Waals surface area contributed by atoms with Gasteiger partial charge >= 0.3 is 0 Å². The van der Waals surface area contributed by atoms with Gasteiger partial charge in [-0.1, -0.05) is 0 Å². The summed E-state index contributed by atoms with van der Waals surface area (Å²) in [5, 5.41) is 4.13. The number of aryl methyl sites for hydroxylation is 1. The summed E-state index contributed by atoms with van der Waals surface area (Å²) in [5.74, 6) is -0.866. The highest BCUT2D eigenvalue weighted by Gasteiger charge is 2.21. The SMILES string of the molecule is Cn1ccc(CCNS(=O)(=O)c2cc(N)cc(Br)c2F)n1. The minimum atomic E-state index is -3.97. The number of nitrogens with zero attached hydrogens (tertiary/aromatic N) is 2. The lowest BCUT2D eigenvalue weighted by Crippen LogP contribution is -2.27. The number of aromatic nitrogens is 2. The monoisotopic (exact) mass is 376 g/mol. The van der Waals surface area contributed by atoms with Crippen LogP contribution in [0.5, 0.6) is 0 Å². The van der Waals surface area contributed by atoms with E-state index in [4.69, 9.17) is 5.73 Å². The lowest BCUT2D eigenvalue weighted by Gasteiger charge is -2.09. The molecule has 0 bridgehead atoms. The smallest absolute Gasteiger partial charge is 0.243 e. The van der Waals surface area contributed by atoms with Crippen LogP contribution in [0, 0.1) is 5.82 Å². The summed E-state index contributed by atoms with van der Waals surface area (Å²) in [4.78, 5) is -0.476. The highest BCUT2D eigenvalue weighted by molar-refractivity contribution is 9.10. The van der Waals surface area contributed by atoms with Crippen LogP contribution < -0.4 is 10.5 Å². The van der Waals surface area contributed by atoms with Crippen molar-refractivity contribution in [1.29, 1.82) is 0 Å². The standard InChI is InChI=1S/C12H14BrFN4O2S/c1-18-5-3-9(17-18)2-4-16-21(19,20)11-7-8(15)6-10(13)12(11)14/h3,5-7,16H,2,4,15H2,1H3. The van der Waals surface area contributed by atoms with Crippen LogP contribution in [-0.2, 0) is 23.5 Å². The maximum absolute atomic E-state index is 13.9. The van der Waals surface area contributed by atoms with Crippen molar-refractivity contribution in [3.8, 4) is 0 Å². The predicted octanol–water partition coefficient (Wildman–Crippen LogP) is 1.42. The molecule has 6 nitrogen and oxygen atoms in total. The molecule has 0 saturated heterocycles. The molecular formula is C12H14BrFN4O2S. The van der Waals surface area contributed by atoms with E-state index in [1.807, 2.05) is 0 Å². The lowest BCUT2D eigenvalue weighted by atomic mass is 10.3. The van der Waals surface area contributed by atoms with E-state index in [2.05, 4.69) is 25.8 Å². The molecule has 0 atom stereocenters. The van der Waals surface area contributed by atoms with Gasteiger partial charge in [0, 0.05) is 31.9 Å². The normalized spacial score (nSPS) is 11.8. The quantitative estimate of drug-likeness (QED) is 0.772. The summed E-state index contributed by atoms with van der Waals surface area (Å²) >= 11 is 2.94. The number of hydrogen-bond acceptors (Lipinski definition) is 4. The van der Waals surface area contributed by atoms with Crippen molar-refractivity contribution in [2.75, 3.05) is 12.3 Å². The van der Waals surface area contributed by atoms with Crippen molar-refractivity contribution in [3.63, 3.8) is 0 Å². The summed E-state index contributed by atoms with van der Waals surface area (Å²) in [5.41, 5.74) is 6.45. The third kappa shape index (κ3) is 3.80. The fourth-order valence-corrected chi connectivity index (χ4v) is 3.54. The van der Waals surface area contributed by atoms with Gasteiger partial charge in [0.05, 0.1) is 10.2 Å². The molecule has 2 aromatic rings. The Bertz CT molecular complexity index is 761. The van der Waals surface area contributed by atoms with Crippen LogP contribution in [-0.4, -0.2) is 24.7 Å². The van der Waals surface area contributed by atoms with Crippen molar-refractivity contribution < 1.29 is 12.8 Å². The molecule has 1 aromatic heterocycles. The molecule has 0 aliphatic carbocycles. The predicted molar refractivity (Wildman–Crippen MR) is 80.6 cm³/mol. The van der Waals surface area contributed by atoms with Gasteiger partial charge in [0.15, 0.2) is 5.82 Å². The highest BCUT2D eigenvalue weighted by atomic mass is 79.9. The Morgan fingerprint density at radius 1 is 1.48 bits per heavy atom. The number of halogens is 2. The van der Waals surface area contributed by atoms with Crippen LogP contribution in [0.3, 0.4) is 0 Å². The van der Waals surface area contributed by atoms with Gasteiger partial charge in [-0.15, -0.1) is 0 Å². The van der Waals surface area contributed by atoms with Crippen molar-refractivity contribution in [2.45, 2.75) is 11.3 Å². The number of rotatable bonds is 5. The van der Waals surface area contributed by atoms with Crippen LogP contribution in [0.25, 0.3) is 0 Å². The van der Waals surface area contributed by atoms with E-state index >= 15 is 0 Å². The van der Waals surface area contributed by atoms with Crippen LogP contribution >= 0.6 is 15.9 Å². The average molecular weight is 377 g/mol. The molecule has 114 valence electrons. The lowest BCUT2D eigenvalue weighted by molar-refractivity contribution is 0.554. The summed E-state index contributed by atoms with van der Waals surface area (Å²) in [7, 11) is -2.20. The molecule has 0 amide bonds. The first-order chi connectivity index (χ1) is 9.79. The maximum atomic E-state index is 13.9. The largest absolute Gasteiger partial charge is 0.399 e. The molecule has 1 aromatic carbocycles. The summed E-state index contributed by atoms with van der Waals surface area (Å²) < 4.78 is 42.1. The van der Waals surface area contributed by atoms with Crippen molar-refractivity contribution in [2.24, 2.45) is 7.05 Å². The van der Waals surface area contributed by atoms with Crippen molar-refractivity contribution in [1.82, 2.24) is 14.5 Å². The van der Waals surface area contributed by atoms with Crippen LogP contribution in [0.15, 0.2) is 33.8 Å². The molecule has 1 heterocycles. The highest BCUT2D eigenvalue weighted by Crippen LogP contribution is 2.25. The molecule has 0 unspecified atom stereocenters. The van der Waals surface area contributed by atoms with Gasteiger partial charge in [-0.05, 0) is 34.1 Å². The van der Waals surface area contributed by atoms with Crippen LogP contribution in [0.1, 0.15) is 5.69 Å². The zero-order valence-corrected chi connectivity index (χ0v) is 13.6. The van der Waals surface area contributed by atoms with Crippen molar-refractivity contribution >= 4 is 31.6 Å².